The minimum absolute atomic E-state index is 0.0477. The fraction of sp³-hybridized carbons (Fsp3) is 0.316. The van der Waals surface area contributed by atoms with Crippen LogP contribution in [0.5, 0.6) is 5.75 Å². The number of halogens is 1. The minimum Gasteiger partial charge on any atom is -0.483 e. The third-order valence-corrected chi connectivity index (χ3v) is 6.00. The quantitative estimate of drug-likeness (QED) is 0.846. The van der Waals surface area contributed by atoms with Gasteiger partial charge in [-0.3, -0.25) is 4.79 Å². The monoisotopic (exact) mass is 392 g/mol. The molecule has 0 saturated heterocycles. The van der Waals surface area contributed by atoms with Crippen LogP contribution in [0.2, 0.25) is 0 Å². The van der Waals surface area contributed by atoms with Crippen LogP contribution in [-0.2, 0) is 21.4 Å². The number of fused-ring (bicyclic) bond motifs is 1. The van der Waals surface area contributed by atoms with Crippen molar-refractivity contribution >= 4 is 15.9 Å². The van der Waals surface area contributed by atoms with E-state index in [0.29, 0.717) is 16.9 Å². The molecule has 2 aromatic carbocycles. The Morgan fingerprint density at radius 2 is 1.96 bits per heavy atom. The van der Waals surface area contributed by atoms with Crippen molar-refractivity contribution in [3.05, 3.63) is 58.9 Å². The first kappa shape index (κ1) is 19.3. The lowest BCUT2D eigenvalue weighted by Gasteiger charge is -2.20. The van der Waals surface area contributed by atoms with Crippen molar-refractivity contribution in [1.29, 1.82) is 0 Å². The van der Waals surface area contributed by atoms with Crippen molar-refractivity contribution in [2.75, 3.05) is 19.7 Å². The zero-order valence-electron chi connectivity index (χ0n) is 15.2. The van der Waals surface area contributed by atoms with E-state index in [4.69, 9.17) is 4.74 Å². The average Bonchev–Trinajstić information content (AvgIpc) is 2.73. The van der Waals surface area contributed by atoms with E-state index in [0.717, 1.165) is 5.56 Å². The molecule has 6 nitrogen and oxygen atoms in total. The second kappa shape index (κ2) is 7.66. The Hall–Kier alpha value is -2.45. The number of rotatable bonds is 5. The van der Waals surface area contributed by atoms with Crippen molar-refractivity contribution in [1.82, 2.24) is 9.62 Å². The minimum atomic E-state index is -3.68. The van der Waals surface area contributed by atoms with Crippen molar-refractivity contribution in [3.63, 3.8) is 0 Å². The highest BCUT2D eigenvalue weighted by molar-refractivity contribution is 7.89. The number of carbonyl (C=O) groups is 1. The van der Waals surface area contributed by atoms with Gasteiger partial charge in [0, 0.05) is 25.2 Å². The summed E-state index contributed by atoms with van der Waals surface area (Å²) in [5.41, 5.74) is 2.19. The third-order valence-electron chi connectivity index (χ3n) is 4.38. The Morgan fingerprint density at radius 1 is 1.19 bits per heavy atom. The molecular weight excluding hydrogens is 371 g/mol. The lowest BCUT2D eigenvalue weighted by Crippen LogP contribution is -2.39. The summed E-state index contributed by atoms with van der Waals surface area (Å²) in [4.78, 5) is 13.9. The molecule has 1 aliphatic rings. The lowest BCUT2D eigenvalue weighted by molar-refractivity contribution is -0.133. The molecule has 0 unspecified atom stereocenters. The van der Waals surface area contributed by atoms with Crippen LogP contribution < -0.4 is 9.46 Å². The van der Waals surface area contributed by atoms with Crippen molar-refractivity contribution in [2.45, 2.75) is 25.3 Å². The Bertz CT molecular complexity index is 976. The average molecular weight is 392 g/mol. The molecule has 27 heavy (non-hydrogen) atoms. The first-order valence-electron chi connectivity index (χ1n) is 8.52. The van der Waals surface area contributed by atoms with Gasteiger partial charge in [-0.2, -0.15) is 0 Å². The number of hydrogen-bond acceptors (Lipinski definition) is 4. The number of carbonyl (C=O) groups excluding carboxylic acids is 1. The van der Waals surface area contributed by atoms with Gasteiger partial charge in [-0.05, 0) is 43.7 Å². The van der Waals surface area contributed by atoms with Crippen molar-refractivity contribution in [2.24, 2.45) is 0 Å². The molecule has 1 N–H and O–H groups in total. The first-order valence-corrected chi connectivity index (χ1v) is 10.0. The zero-order valence-corrected chi connectivity index (χ0v) is 16.0. The Balaban J connectivity index is 1.68. The van der Waals surface area contributed by atoms with E-state index in [-0.39, 0.29) is 37.0 Å². The predicted octanol–water partition coefficient (Wildman–Crippen LogP) is 2.14. The van der Waals surface area contributed by atoms with Crippen LogP contribution >= 0.6 is 0 Å². The maximum Gasteiger partial charge on any atom is 0.260 e. The largest absolute Gasteiger partial charge is 0.483 e. The van der Waals surface area contributed by atoms with Crippen LogP contribution in [0.15, 0.2) is 41.3 Å². The molecule has 0 saturated carbocycles. The molecule has 2 aromatic rings. The second-order valence-corrected chi connectivity index (χ2v) is 8.26. The molecule has 0 fully saturated rings. The number of ether oxygens (including phenoxy) is 1. The summed E-state index contributed by atoms with van der Waals surface area (Å²) in [6, 6.07) is 9.19. The number of sulfonamides is 1. The van der Waals surface area contributed by atoms with Crippen LogP contribution in [0.25, 0.3) is 0 Å². The van der Waals surface area contributed by atoms with Gasteiger partial charge in [0.1, 0.15) is 11.6 Å². The number of hydrogen-bond donors (Lipinski definition) is 1. The van der Waals surface area contributed by atoms with Crippen molar-refractivity contribution < 1.29 is 22.3 Å². The van der Waals surface area contributed by atoms with E-state index in [2.05, 4.69) is 4.72 Å². The third kappa shape index (κ3) is 4.45. The van der Waals surface area contributed by atoms with Crippen LogP contribution in [0.4, 0.5) is 4.39 Å². The molecule has 8 heteroatoms. The highest BCUT2D eigenvalue weighted by Crippen LogP contribution is 2.24. The SMILES string of the molecule is Cc1ccc(S(=O)(=O)NCCN2Cc3cc(F)ccc3OCC2=O)c(C)c1. The van der Waals surface area contributed by atoms with E-state index < -0.39 is 15.8 Å². The molecule has 0 bridgehead atoms. The smallest absolute Gasteiger partial charge is 0.260 e. The van der Waals surface area contributed by atoms with Crippen LogP contribution in [0.1, 0.15) is 16.7 Å². The van der Waals surface area contributed by atoms with E-state index in [1.165, 1.54) is 23.1 Å². The fourth-order valence-electron chi connectivity index (χ4n) is 3.03. The summed E-state index contributed by atoms with van der Waals surface area (Å²) in [5.74, 6) is -0.234. The number of nitrogens with zero attached hydrogens (tertiary/aromatic N) is 1. The highest BCUT2D eigenvalue weighted by Gasteiger charge is 2.23. The van der Waals surface area contributed by atoms with Gasteiger partial charge >= 0.3 is 0 Å². The molecular formula is C19H21FN2O4S. The molecule has 0 aliphatic carbocycles. The Morgan fingerprint density at radius 3 is 2.70 bits per heavy atom. The van der Waals surface area contributed by atoms with Gasteiger partial charge in [0.2, 0.25) is 10.0 Å². The highest BCUT2D eigenvalue weighted by atomic mass is 32.2. The summed E-state index contributed by atoms with van der Waals surface area (Å²) in [6.07, 6.45) is 0. The van der Waals surface area contributed by atoms with Crippen LogP contribution in [-0.4, -0.2) is 38.9 Å². The van der Waals surface area contributed by atoms with Gasteiger partial charge in [-0.15, -0.1) is 0 Å². The summed E-state index contributed by atoms with van der Waals surface area (Å²) < 4.78 is 46.4. The maximum absolute atomic E-state index is 13.5. The first-order chi connectivity index (χ1) is 12.8. The molecule has 0 spiro atoms. The topological polar surface area (TPSA) is 75.7 Å². The van der Waals surface area contributed by atoms with E-state index >= 15 is 0 Å². The number of amides is 1. The van der Waals surface area contributed by atoms with Crippen LogP contribution in [0.3, 0.4) is 0 Å². The Kier molecular flexibility index (Phi) is 5.48. The number of benzene rings is 2. The summed E-state index contributed by atoms with van der Waals surface area (Å²) >= 11 is 0. The number of aryl methyl sites for hydroxylation is 2. The van der Waals surface area contributed by atoms with Gasteiger partial charge in [-0.1, -0.05) is 17.7 Å². The molecule has 0 atom stereocenters. The van der Waals surface area contributed by atoms with Gasteiger partial charge in [0.05, 0.1) is 4.90 Å². The maximum atomic E-state index is 13.5. The summed E-state index contributed by atoms with van der Waals surface area (Å²) in [7, 11) is -3.68. The molecule has 0 aromatic heterocycles. The molecule has 3 rings (SSSR count). The van der Waals surface area contributed by atoms with E-state index in [1.54, 1.807) is 25.1 Å². The van der Waals surface area contributed by atoms with E-state index in [1.807, 2.05) is 6.92 Å². The molecule has 1 aliphatic heterocycles. The standard InChI is InChI=1S/C19H21FN2O4S/c1-13-3-6-18(14(2)9-13)27(24,25)21-7-8-22-11-15-10-16(20)4-5-17(15)26-12-19(22)23/h3-6,9-10,21H,7-8,11-12H2,1-2H3. The zero-order chi connectivity index (χ0) is 19.6. The summed E-state index contributed by atoms with van der Waals surface area (Å²) in [6.45, 7) is 3.83. The molecule has 1 heterocycles. The van der Waals surface area contributed by atoms with Gasteiger partial charge in [0.25, 0.3) is 5.91 Å². The number of nitrogens with one attached hydrogen (secondary N) is 1. The molecule has 144 valence electrons. The van der Waals surface area contributed by atoms with Gasteiger partial charge in [-0.25, -0.2) is 17.5 Å². The van der Waals surface area contributed by atoms with E-state index in [9.17, 15) is 17.6 Å². The summed E-state index contributed by atoms with van der Waals surface area (Å²) in [5, 5.41) is 0. The van der Waals surface area contributed by atoms with Gasteiger partial charge in [0.15, 0.2) is 6.61 Å². The van der Waals surface area contributed by atoms with Crippen LogP contribution in [0, 0.1) is 19.7 Å². The second-order valence-electron chi connectivity index (χ2n) is 6.52. The normalized spacial score (nSPS) is 14.5. The fourth-order valence-corrected chi connectivity index (χ4v) is 4.28. The molecule has 0 radical (unpaired) electrons. The Labute approximate surface area is 158 Å². The van der Waals surface area contributed by atoms with Crippen molar-refractivity contribution in [3.8, 4) is 5.75 Å². The predicted molar refractivity (Wildman–Crippen MR) is 98.4 cm³/mol. The lowest BCUT2D eigenvalue weighted by atomic mass is 10.2. The van der Waals surface area contributed by atoms with Gasteiger partial charge < -0.3 is 9.64 Å². The molecule has 1 amide bonds.